The molecule has 5 rings (SSSR count). The third kappa shape index (κ3) is 5.08. The molecule has 0 spiro atoms. The van der Waals surface area contributed by atoms with E-state index in [-0.39, 0.29) is 0 Å². The molecule has 0 radical (unpaired) electrons. The van der Waals surface area contributed by atoms with Crippen LogP contribution in [-0.4, -0.2) is 37.1 Å². The number of nitrogens with zero attached hydrogens (tertiary/aromatic N) is 4. The number of anilines is 1. The van der Waals surface area contributed by atoms with Gasteiger partial charge in [-0.15, -0.1) is 0 Å². The van der Waals surface area contributed by atoms with Crippen LogP contribution in [0.2, 0.25) is 0 Å². The van der Waals surface area contributed by atoms with Gasteiger partial charge >= 0.3 is 0 Å². The summed E-state index contributed by atoms with van der Waals surface area (Å²) < 4.78 is 0. The predicted molar refractivity (Wildman–Crippen MR) is 132 cm³/mol. The molecule has 1 saturated carbocycles. The minimum atomic E-state index is 0.756. The maximum absolute atomic E-state index is 4.36. The molecule has 2 aliphatic rings. The van der Waals surface area contributed by atoms with Crippen LogP contribution in [0, 0.1) is 0 Å². The van der Waals surface area contributed by atoms with E-state index in [9.17, 15) is 0 Å². The molecule has 3 aromatic carbocycles. The van der Waals surface area contributed by atoms with Crippen LogP contribution in [0.1, 0.15) is 37.2 Å². The zero-order valence-electron chi connectivity index (χ0n) is 18.7. The van der Waals surface area contributed by atoms with E-state index in [1.807, 2.05) is 30.3 Å². The lowest BCUT2D eigenvalue weighted by molar-refractivity contribution is 0.141. The van der Waals surface area contributed by atoms with E-state index in [4.69, 9.17) is 0 Å². The Balaban J connectivity index is 1.11. The fourth-order valence-electron chi connectivity index (χ4n) is 5.19. The Morgan fingerprint density at radius 3 is 1.75 bits per heavy atom. The monoisotopic (exact) mass is 424 g/mol. The fourth-order valence-corrected chi connectivity index (χ4v) is 5.19. The summed E-state index contributed by atoms with van der Waals surface area (Å²) in [5.41, 5.74) is 4.59. The van der Waals surface area contributed by atoms with Crippen molar-refractivity contribution in [2.45, 2.75) is 37.6 Å². The molecule has 2 fully saturated rings. The van der Waals surface area contributed by atoms with Gasteiger partial charge in [-0.1, -0.05) is 48.5 Å². The summed E-state index contributed by atoms with van der Waals surface area (Å²) >= 11 is 0. The van der Waals surface area contributed by atoms with Crippen molar-refractivity contribution in [3.63, 3.8) is 0 Å². The number of benzene rings is 3. The van der Waals surface area contributed by atoms with Crippen molar-refractivity contribution in [3.05, 3.63) is 90.5 Å². The average Bonchev–Trinajstić information content (AvgIpc) is 2.89. The first-order chi connectivity index (χ1) is 15.8. The maximum Gasteiger partial charge on any atom is 0.0858 e. The Labute approximate surface area is 191 Å². The Morgan fingerprint density at radius 1 is 0.562 bits per heavy atom. The smallest absolute Gasteiger partial charge is 0.0858 e. The van der Waals surface area contributed by atoms with E-state index in [0.29, 0.717) is 0 Å². The molecular weight excluding hydrogens is 392 g/mol. The molecule has 0 bridgehead atoms. The Bertz CT molecular complexity index is 985. The number of rotatable bonds is 5. The molecule has 32 heavy (non-hydrogen) atoms. The Kier molecular flexibility index (Phi) is 6.59. The van der Waals surface area contributed by atoms with Crippen LogP contribution in [0.25, 0.3) is 0 Å². The molecule has 1 heterocycles. The van der Waals surface area contributed by atoms with Crippen molar-refractivity contribution >= 4 is 17.1 Å². The van der Waals surface area contributed by atoms with Gasteiger partial charge in [0.05, 0.1) is 11.4 Å². The van der Waals surface area contributed by atoms with E-state index in [1.54, 1.807) is 0 Å². The third-order valence-corrected chi connectivity index (χ3v) is 7.05. The molecule has 1 aliphatic carbocycles. The summed E-state index contributed by atoms with van der Waals surface area (Å²) in [5.74, 6) is 0.756. The number of azo groups is 1. The molecule has 0 unspecified atom stereocenters. The molecule has 0 atom stereocenters. The van der Waals surface area contributed by atoms with Gasteiger partial charge in [0.1, 0.15) is 0 Å². The minimum Gasteiger partial charge on any atom is -0.369 e. The maximum atomic E-state index is 4.36. The second-order valence-electron chi connectivity index (χ2n) is 8.99. The molecule has 164 valence electrons. The molecule has 0 N–H and O–H groups in total. The minimum absolute atomic E-state index is 0.756. The number of hydrogen-bond donors (Lipinski definition) is 0. The highest BCUT2D eigenvalue weighted by molar-refractivity contribution is 5.53. The van der Waals surface area contributed by atoms with Gasteiger partial charge in [0.15, 0.2) is 0 Å². The van der Waals surface area contributed by atoms with Crippen LogP contribution in [0.5, 0.6) is 0 Å². The van der Waals surface area contributed by atoms with Crippen molar-refractivity contribution in [1.82, 2.24) is 4.90 Å². The topological polar surface area (TPSA) is 31.2 Å². The van der Waals surface area contributed by atoms with Crippen LogP contribution in [0.15, 0.2) is 95.2 Å². The standard InChI is InChI=1S/C28H32N4/c1-3-7-23(8-4-1)24-11-15-27(16-12-24)31-19-21-32(22-20-31)28-17-13-26(14-18-28)30-29-25-9-5-2-6-10-25/h1-10,13-14,17-18,24,27H,11-12,15-16,19-22H2. The van der Waals surface area contributed by atoms with Gasteiger partial charge in [0, 0.05) is 37.9 Å². The molecule has 3 aromatic rings. The van der Waals surface area contributed by atoms with Crippen molar-refractivity contribution in [1.29, 1.82) is 0 Å². The third-order valence-electron chi connectivity index (χ3n) is 7.05. The van der Waals surface area contributed by atoms with Gasteiger partial charge in [0.2, 0.25) is 0 Å². The van der Waals surface area contributed by atoms with Crippen LogP contribution >= 0.6 is 0 Å². The molecular formula is C28H32N4. The van der Waals surface area contributed by atoms with Crippen molar-refractivity contribution < 1.29 is 0 Å². The fraction of sp³-hybridized carbons (Fsp3) is 0.357. The highest BCUT2D eigenvalue weighted by Gasteiger charge is 2.28. The van der Waals surface area contributed by atoms with Crippen LogP contribution in [0.4, 0.5) is 17.1 Å². The summed E-state index contributed by atoms with van der Waals surface area (Å²) in [7, 11) is 0. The lowest BCUT2D eigenvalue weighted by Gasteiger charge is -2.42. The van der Waals surface area contributed by atoms with Gasteiger partial charge in [-0.2, -0.15) is 10.2 Å². The van der Waals surface area contributed by atoms with E-state index in [0.717, 1.165) is 49.5 Å². The largest absolute Gasteiger partial charge is 0.369 e. The van der Waals surface area contributed by atoms with Gasteiger partial charge < -0.3 is 4.90 Å². The zero-order chi connectivity index (χ0) is 21.6. The number of hydrogen-bond acceptors (Lipinski definition) is 4. The van der Waals surface area contributed by atoms with Crippen molar-refractivity contribution in [2.75, 3.05) is 31.1 Å². The van der Waals surface area contributed by atoms with Crippen LogP contribution < -0.4 is 4.90 Å². The molecule has 0 amide bonds. The second kappa shape index (κ2) is 10.1. The average molecular weight is 425 g/mol. The van der Waals surface area contributed by atoms with E-state index in [2.05, 4.69) is 74.6 Å². The molecule has 4 nitrogen and oxygen atoms in total. The molecule has 4 heteroatoms. The van der Waals surface area contributed by atoms with Crippen molar-refractivity contribution in [3.8, 4) is 0 Å². The van der Waals surface area contributed by atoms with Crippen molar-refractivity contribution in [2.24, 2.45) is 10.2 Å². The lowest BCUT2D eigenvalue weighted by Crippen LogP contribution is -2.51. The van der Waals surface area contributed by atoms with Crippen LogP contribution in [-0.2, 0) is 0 Å². The summed E-state index contributed by atoms with van der Waals surface area (Å²) in [6.45, 7) is 4.53. The highest BCUT2D eigenvalue weighted by Crippen LogP contribution is 2.35. The van der Waals surface area contributed by atoms with Gasteiger partial charge in [-0.05, 0) is 73.6 Å². The van der Waals surface area contributed by atoms with Crippen LogP contribution in [0.3, 0.4) is 0 Å². The molecule has 1 saturated heterocycles. The summed E-state index contributed by atoms with van der Waals surface area (Å²) in [6, 6.07) is 30.2. The summed E-state index contributed by atoms with van der Waals surface area (Å²) in [5, 5.41) is 8.67. The normalized spacial score (nSPS) is 22.3. The second-order valence-corrected chi connectivity index (χ2v) is 8.99. The van der Waals surface area contributed by atoms with E-state index < -0.39 is 0 Å². The van der Waals surface area contributed by atoms with E-state index in [1.165, 1.54) is 36.9 Å². The van der Waals surface area contributed by atoms with Gasteiger partial charge in [0.25, 0.3) is 0 Å². The predicted octanol–water partition coefficient (Wildman–Crippen LogP) is 6.95. The first kappa shape index (κ1) is 20.9. The Hall–Kier alpha value is -2.98. The number of piperazine rings is 1. The van der Waals surface area contributed by atoms with Gasteiger partial charge in [-0.3, -0.25) is 4.90 Å². The zero-order valence-corrected chi connectivity index (χ0v) is 18.7. The first-order valence-corrected chi connectivity index (χ1v) is 12.0. The summed E-state index contributed by atoms with van der Waals surface area (Å²) in [4.78, 5) is 5.24. The van der Waals surface area contributed by atoms with E-state index >= 15 is 0 Å². The Morgan fingerprint density at radius 2 is 1.12 bits per heavy atom. The molecule has 0 aromatic heterocycles. The first-order valence-electron chi connectivity index (χ1n) is 12.0. The lowest BCUT2D eigenvalue weighted by atomic mass is 9.81. The van der Waals surface area contributed by atoms with Gasteiger partial charge in [-0.25, -0.2) is 0 Å². The summed E-state index contributed by atoms with van der Waals surface area (Å²) in [6.07, 6.45) is 5.32. The molecule has 1 aliphatic heterocycles. The highest BCUT2D eigenvalue weighted by atomic mass is 15.3. The SMILES string of the molecule is c1ccc(N=Nc2ccc(N3CCN(C4CCC(c5ccccc5)CC4)CC3)cc2)cc1. The quantitative estimate of drug-likeness (QED) is 0.415.